The first kappa shape index (κ1) is 27.2. The average molecular weight is 584 g/mol. The molecule has 10 heteroatoms. The topological polar surface area (TPSA) is 84.7 Å². The van der Waals surface area contributed by atoms with Gasteiger partial charge in [-0.15, -0.1) is 0 Å². The number of carbonyl (C=O) groups excluding carboxylic acids is 1. The van der Waals surface area contributed by atoms with E-state index in [4.69, 9.17) is 18.9 Å². The summed E-state index contributed by atoms with van der Waals surface area (Å²) in [5.41, 5.74) is 5.27. The molecule has 212 valence electrons. The number of ether oxygens (including phenoxy) is 4. The number of carbonyl (C=O) groups is 1. The zero-order valence-electron chi connectivity index (χ0n) is 22.9. The average Bonchev–Trinajstić information content (AvgIpc) is 3.59. The Morgan fingerprint density at radius 2 is 1.76 bits per heavy atom. The Hall–Kier alpha value is -4.96. The minimum Gasteiger partial charge on any atom is -0.494 e. The second kappa shape index (κ2) is 11.9. The first-order chi connectivity index (χ1) is 20.5. The van der Waals surface area contributed by atoms with Crippen LogP contribution in [0.2, 0.25) is 0 Å². The van der Waals surface area contributed by atoms with Gasteiger partial charge in [0.15, 0.2) is 11.6 Å². The molecule has 0 atom stereocenters. The third-order valence-electron chi connectivity index (χ3n) is 6.78. The van der Waals surface area contributed by atoms with E-state index in [0.717, 1.165) is 44.8 Å². The Labute approximate surface area is 245 Å². The zero-order chi connectivity index (χ0) is 29.1. The smallest absolute Gasteiger partial charge is 0.494 e. The molecule has 0 spiro atoms. The SMILES string of the molecule is CCOC(=O)Oc1c(-c2ccc(OC)c(F)c2)c2ccc(OCc3ccccc3)cc2n1Cc1ccc2nsnc2c1. The van der Waals surface area contributed by atoms with E-state index in [-0.39, 0.29) is 18.2 Å². The highest BCUT2D eigenvalue weighted by molar-refractivity contribution is 7.00. The van der Waals surface area contributed by atoms with Crippen LogP contribution in [0.4, 0.5) is 9.18 Å². The summed E-state index contributed by atoms with van der Waals surface area (Å²) in [4.78, 5) is 12.7. The molecule has 0 N–H and O–H groups in total. The lowest BCUT2D eigenvalue weighted by molar-refractivity contribution is 0.101. The molecule has 0 unspecified atom stereocenters. The summed E-state index contributed by atoms with van der Waals surface area (Å²) in [7, 11) is 1.41. The highest BCUT2D eigenvalue weighted by atomic mass is 32.1. The van der Waals surface area contributed by atoms with Crippen molar-refractivity contribution in [1.29, 1.82) is 0 Å². The number of methoxy groups -OCH3 is 1. The molecular weight excluding hydrogens is 557 g/mol. The molecular formula is C32H26FN3O5S. The van der Waals surface area contributed by atoms with Crippen molar-refractivity contribution in [2.75, 3.05) is 13.7 Å². The fraction of sp³-hybridized carbons (Fsp3) is 0.156. The van der Waals surface area contributed by atoms with Gasteiger partial charge in [-0.2, -0.15) is 8.75 Å². The number of hydrogen-bond acceptors (Lipinski definition) is 8. The van der Waals surface area contributed by atoms with Gasteiger partial charge in [0.05, 0.1) is 43.1 Å². The molecule has 0 fully saturated rings. The molecule has 0 aliphatic heterocycles. The van der Waals surface area contributed by atoms with E-state index in [9.17, 15) is 9.18 Å². The van der Waals surface area contributed by atoms with Crippen molar-refractivity contribution < 1.29 is 28.1 Å². The van der Waals surface area contributed by atoms with Crippen molar-refractivity contribution in [3.05, 3.63) is 102 Å². The Morgan fingerprint density at radius 1 is 0.929 bits per heavy atom. The van der Waals surface area contributed by atoms with Crippen molar-refractivity contribution in [1.82, 2.24) is 13.3 Å². The summed E-state index contributed by atoms with van der Waals surface area (Å²) in [5, 5.41) is 0.738. The minimum absolute atomic E-state index is 0.108. The summed E-state index contributed by atoms with van der Waals surface area (Å²) in [6, 6.07) is 25.9. The number of halogens is 1. The van der Waals surface area contributed by atoms with E-state index in [1.165, 1.54) is 13.2 Å². The second-order valence-electron chi connectivity index (χ2n) is 9.44. The molecule has 0 aliphatic carbocycles. The second-order valence-corrected chi connectivity index (χ2v) is 9.97. The highest BCUT2D eigenvalue weighted by Gasteiger charge is 2.25. The maximum atomic E-state index is 15.0. The van der Waals surface area contributed by atoms with E-state index in [1.807, 2.05) is 71.3 Å². The molecule has 2 heterocycles. The van der Waals surface area contributed by atoms with Crippen molar-refractivity contribution in [2.45, 2.75) is 20.1 Å². The van der Waals surface area contributed by atoms with Crippen LogP contribution < -0.4 is 14.2 Å². The molecule has 2 aromatic heterocycles. The molecule has 0 saturated carbocycles. The molecule has 42 heavy (non-hydrogen) atoms. The molecule has 4 aromatic carbocycles. The summed E-state index contributed by atoms with van der Waals surface area (Å²) in [5.74, 6) is 0.406. The highest BCUT2D eigenvalue weighted by Crippen LogP contribution is 2.43. The van der Waals surface area contributed by atoms with Gasteiger partial charge in [-0.1, -0.05) is 42.5 Å². The standard InChI is InChI=1S/C32H26FN3O5S/c1-3-39-32(37)41-31-30(22-10-14-29(38-2)25(33)16-22)24-12-11-23(40-19-20-7-5-4-6-8-20)17-28(24)36(31)18-21-9-13-26-27(15-21)35-42-34-26/h4-17H,3,18-19H2,1-2H3. The van der Waals surface area contributed by atoms with Gasteiger partial charge >= 0.3 is 6.16 Å². The van der Waals surface area contributed by atoms with Crippen LogP contribution in [0.25, 0.3) is 33.1 Å². The van der Waals surface area contributed by atoms with Gasteiger partial charge in [0.25, 0.3) is 0 Å². The van der Waals surface area contributed by atoms with Crippen LogP contribution in [0.1, 0.15) is 18.1 Å². The van der Waals surface area contributed by atoms with Crippen LogP contribution in [-0.2, 0) is 17.9 Å². The first-order valence-corrected chi connectivity index (χ1v) is 14.0. The molecule has 0 amide bonds. The number of benzene rings is 4. The normalized spacial score (nSPS) is 11.1. The van der Waals surface area contributed by atoms with Crippen molar-refractivity contribution in [3.63, 3.8) is 0 Å². The summed E-state index contributed by atoms with van der Waals surface area (Å²) >= 11 is 1.14. The third-order valence-corrected chi connectivity index (χ3v) is 7.33. The molecule has 0 bridgehead atoms. The van der Waals surface area contributed by atoms with Crippen LogP contribution in [0.3, 0.4) is 0 Å². The number of aromatic nitrogens is 3. The van der Waals surface area contributed by atoms with Crippen molar-refractivity contribution >= 4 is 39.8 Å². The van der Waals surface area contributed by atoms with Crippen LogP contribution >= 0.6 is 11.7 Å². The van der Waals surface area contributed by atoms with Gasteiger partial charge in [0.1, 0.15) is 23.4 Å². The van der Waals surface area contributed by atoms with E-state index in [2.05, 4.69) is 8.75 Å². The van der Waals surface area contributed by atoms with Crippen LogP contribution in [0, 0.1) is 5.82 Å². The van der Waals surface area contributed by atoms with Crippen molar-refractivity contribution in [3.8, 4) is 28.5 Å². The molecule has 0 aliphatic rings. The third kappa shape index (κ3) is 5.48. The largest absolute Gasteiger partial charge is 0.515 e. The van der Waals surface area contributed by atoms with Gasteiger partial charge < -0.3 is 23.5 Å². The molecule has 0 radical (unpaired) electrons. The number of nitrogens with zero attached hydrogens (tertiary/aromatic N) is 3. The molecule has 6 aromatic rings. The lowest BCUT2D eigenvalue weighted by Gasteiger charge is -2.13. The van der Waals surface area contributed by atoms with Crippen LogP contribution in [-0.4, -0.2) is 33.2 Å². The van der Waals surface area contributed by atoms with E-state index >= 15 is 0 Å². The monoisotopic (exact) mass is 583 g/mol. The predicted octanol–water partition coefficient (Wildman–Crippen LogP) is 7.62. The predicted molar refractivity (Wildman–Crippen MR) is 159 cm³/mol. The number of rotatable bonds is 9. The van der Waals surface area contributed by atoms with Gasteiger partial charge in [0.2, 0.25) is 5.88 Å². The number of fused-ring (bicyclic) bond motifs is 2. The van der Waals surface area contributed by atoms with Crippen LogP contribution in [0.15, 0.2) is 84.9 Å². The summed E-state index contributed by atoms with van der Waals surface area (Å²) < 4.78 is 47.7. The molecule has 6 rings (SSSR count). The Balaban J connectivity index is 1.52. The fourth-order valence-corrected chi connectivity index (χ4v) is 5.35. The Bertz CT molecular complexity index is 1890. The summed E-state index contributed by atoms with van der Waals surface area (Å²) in [6.07, 6.45) is -0.864. The maximum Gasteiger partial charge on any atom is 0.515 e. The van der Waals surface area contributed by atoms with E-state index < -0.39 is 12.0 Å². The Kier molecular flexibility index (Phi) is 7.70. The molecule has 0 saturated heterocycles. The number of hydrogen-bond donors (Lipinski definition) is 0. The van der Waals surface area contributed by atoms with Crippen molar-refractivity contribution in [2.24, 2.45) is 0 Å². The lowest BCUT2D eigenvalue weighted by atomic mass is 10.0. The minimum atomic E-state index is -0.864. The van der Waals surface area contributed by atoms with Crippen LogP contribution in [0.5, 0.6) is 17.4 Å². The van der Waals surface area contributed by atoms with Gasteiger partial charge in [0, 0.05) is 11.5 Å². The van der Waals surface area contributed by atoms with E-state index in [0.29, 0.717) is 30.0 Å². The maximum absolute atomic E-state index is 15.0. The van der Waals surface area contributed by atoms with E-state index in [1.54, 1.807) is 19.1 Å². The summed E-state index contributed by atoms with van der Waals surface area (Å²) in [6.45, 7) is 2.53. The zero-order valence-corrected chi connectivity index (χ0v) is 23.7. The van der Waals surface area contributed by atoms with Gasteiger partial charge in [-0.3, -0.25) is 0 Å². The quantitative estimate of drug-likeness (QED) is 0.162. The lowest BCUT2D eigenvalue weighted by Crippen LogP contribution is -2.14. The fourth-order valence-electron chi connectivity index (χ4n) is 4.84. The van der Waals surface area contributed by atoms with Gasteiger partial charge in [-0.25, -0.2) is 9.18 Å². The van der Waals surface area contributed by atoms with Gasteiger partial charge in [-0.05, 0) is 60.0 Å². The molecule has 8 nitrogen and oxygen atoms in total. The first-order valence-electron chi connectivity index (χ1n) is 13.3. The Morgan fingerprint density at radius 3 is 2.55 bits per heavy atom.